The second-order valence-corrected chi connectivity index (χ2v) is 5.13. The molecule has 2 heterocycles. The van der Waals surface area contributed by atoms with Crippen LogP contribution in [0.4, 0.5) is 0 Å². The van der Waals surface area contributed by atoms with E-state index in [9.17, 15) is 0 Å². The Labute approximate surface area is 112 Å². The minimum atomic E-state index is 0.341. The van der Waals surface area contributed by atoms with Crippen molar-refractivity contribution in [1.82, 2.24) is 19.9 Å². The van der Waals surface area contributed by atoms with Gasteiger partial charge in [-0.1, -0.05) is 6.92 Å². The van der Waals surface area contributed by atoms with E-state index in [1.165, 1.54) is 0 Å². The highest BCUT2D eigenvalue weighted by Gasteiger charge is 2.13. The zero-order valence-electron chi connectivity index (χ0n) is 11.0. The van der Waals surface area contributed by atoms with Gasteiger partial charge in [0.2, 0.25) is 0 Å². The molecule has 0 aromatic carbocycles. The van der Waals surface area contributed by atoms with Gasteiger partial charge in [-0.25, -0.2) is 9.97 Å². The van der Waals surface area contributed by atoms with Gasteiger partial charge in [-0.05, 0) is 19.4 Å². The molecule has 0 fully saturated rings. The van der Waals surface area contributed by atoms with Gasteiger partial charge in [0.15, 0.2) is 0 Å². The largest absolute Gasteiger partial charge is 0.338 e. The van der Waals surface area contributed by atoms with Crippen LogP contribution in [0.5, 0.6) is 0 Å². The van der Waals surface area contributed by atoms with Gasteiger partial charge in [0.1, 0.15) is 5.82 Å². The van der Waals surface area contributed by atoms with Crippen LogP contribution in [0.1, 0.15) is 37.3 Å². The van der Waals surface area contributed by atoms with Crippen molar-refractivity contribution in [3.63, 3.8) is 0 Å². The smallest absolute Gasteiger partial charge is 0.108 e. The van der Waals surface area contributed by atoms with Gasteiger partial charge < -0.3 is 9.88 Å². The predicted octanol–water partition coefficient (Wildman–Crippen LogP) is 2.55. The lowest BCUT2D eigenvalue weighted by Gasteiger charge is -2.16. The molecule has 1 N–H and O–H groups in total. The molecule has 98 valence electrons. The number of hydrogen-bond donors (Lipinski definition) is 1. The fourth-order valence-electron chi connectivity index (χ4n) is 1.98. The van der Waals surface area contributed by atoms with Crippen LogP contribution < -0.4 is 5.32 Å². The number of aryl methyl sites for hydroxylation is 2. The van der Waals surface area contributed by atoms with Crippen LogP contribution in [0.25, 0.3) is 0 Å². The van der Waals surface area contributed by atoms with Crippen molar-refractivity contribution in [2.45, 2.75) is 32.2 Å². The Kier molecular flexibility index (Phi) is 4.90. The zero-order valence-corrected chi connectivity index (χ0v) is 11.8. The van der Waals surface area contributed by atoms with Crippen molar-refractivity contribution in [3.05, 3.63) is 34.8 Å². The van der Waals surface area contributed by atoms with Crippen LogP contribution in [-0.4, -0.2) is 21.1 Å². The quantitative estimate of drug-likeness (QED) is 0.835. The first-order valence-electron chi connectivity index (χ1n) is 6.39. The molecule has 0 saturated heterocycles. The highest BCUT2D eigenvalue weighted by atomic mass is 32.1. The van der Waals surface area contributed by atoms with E-state index < -0.39 is 0 Å². The maximum atomic E-state index is 4.42. The first kappa shape index (κ1) is 13.2. The monoisotopic (exact) mass is 264 g/mol. The molecule has 0 spiro atoms. The summed E-state index contributed by atoms with van der Waals surface area (Å²) in [6.45, 7) is 3.21. The maximum absolute atomic E-state index is 4.42. The molecule has 0 saturated carbocycles. The standard InChI is InChI=1S/C13H20N4S/c1-3-6-14-11(12-9-18-10-16-12)4-5-13-15-7-8-17(13)2/h7-11,14H,3-6H2,1-2H3. The summed E-state index contributed by atoms with van der Waals surface area (Å²) < 4.78 is 2.08. The Hall–Kier alpha value is -1.20. The topological polar surface area (TPSA) is 42.7 Å². The molecular formula is C13H20N4S. The Morgan fingerprint density at radius 3 is 2.94 bits per heavy atom. The number of nitrogens with one attached hydrogen (secondary N) is 1. The van der Waals surface area contributed by atoms with Gasteiger partial charge in [-0.3, -0.25) is 0 Å². The van der Waals surface area contributed by atoms with E-state index in [1.807, 2.05) is 25.0 Å². The molecule has 2 aromatic rings. The lowest BCUT2D eigenvalue weighted by molar-refractivity contribution is 0.483. The Bertz CT molecular complexity index is 449. The molecular weight excluding hydrogens is 244 g/mol. The zero-order chi connectivity index (χ0) is 12.8. The van der Waals surface area contributed by atoms with Gasteiger partial charge in [-0.2, -0.15) is 0 Å². The fraction of sp³-hybridized carbons (Fsp3) is 0.538. The number of aromatic nitrogens is 3. The predicted molar refractivity (Wildman–Crippen MR) is 74.7 cm³/mol. The minimum Gasteiger partial charge on any atom is -0.338 e. The summed E-state index contributed by atoms with van der Waals surface area (Å²) in [4.78, 5) is 8.79. The number of imidazole rings is 1. The van der Waals surface area contributed by atoms with Crippen molar-refractivity contribution >= 4 is 11.3 Å². The van der Waals surface area contributed by atoms with E-state index in [2.05, 4.69) is 32.2 Å². The van der Waals surface area contributed by atoms with Crippen LogP contribution in [0.3, 0.4) is 0 Å². The Morgan fingerprint density at radius 2 is 2.33 bits per heavy atom. The SMILES string of the molecule is CCCNC(CCc1nccn1C)c1cscn1. The van der Waals surface area contributed by atoms with Gasteiger partial charge in [0, 0.05) is 31.2 Å². The molecule has 1 unspecified atom stereocenters. The van der Waals surface area contributed by atoms with Crippen LogP contribution in [-0.2, 0) is 13.5 Å². The van der Waals surface area contributed by atoms with Crippen LogP contribution in [0.2, 0.25) is 0 Å². The molecule has 18 heavy (non-hydrogen) atoms. The number of hydrogen-bond acceptors (Lipinski definition) is 4. The first-order chi connectivity index (χ1) is 8.81. The van der Waals surface area contributed by atoms with Crippen LogP contribution in [0, 0.1) is 0 Å². The third kappa shape index (κ3) is 3.40. The van der Waals surface area contributed by atoms with E-state index in [-0.39, 0.29) is 0 Å². The minimum absolute atomic E-state index is 0.341. The summed E-state index contributed by atoms with van der Waals surface area (Å²) in [5.41, 5.74) is 3.05. The third-order valence-electron chi connectivity index (χ3n) is 3.03. The average molecular weight is 264 g/mol. The third-order valence-corrected chi connectivity index (χ3v) is 3.63. The van der Waals surface area contributed by atoms with E-state index >= 15 is 0 Å². The summed E-state index contributed by atoms with van der Waals surface area (Å²) in [5, 5.41) is 5.69. The number of thiazole rings is 1. The summed E-state index contributed by atoms with van der Waals surface area (Å²) in [6, 6.07) is 0.341. The van der Waals surface area contributed by atoms with Crippen LogP contribution in [0.15, 0.2) is 23.3 Å². The van der Waals surface area contributed by atoms with Crippen LogP contribution >= 0.6 is 11.3 Å². The van der Waals surface area contributed by atoms with Crippen molar-refractivity contribution in [2.75, 3.05) is 6.54 Å². The van der Waals surface area contributed by atoms with Crippen molar-refractivity contribution in [1.29, 1.82) is 0 Å². The van der Waals surface area contributed by atoms with Gasteiger partial charge >= 0.3 is 0 Å². The molecule has 2 rings (SSSR count). The van der Waals surface area contributed by atoms with E-state index in [1.54, 1.807) is 11.3 Å². The van der Waals surface area contributed by atoms with Gasteiger partial charge in [-0.15, -0.1) is 11.3 Å². The van der Waals surface area contributed by atoms with E-state index in [0.29, 0.717) is 6.04 Å². The molecule has 0 aliphatic heterocycles. The lowest BCUT2D eigenvalue weighted by atomic mass is 10.1. The Morgan fingerprint density at radius 1 is 1.44 bits per heavy atom. The number of nitrogens with zero attached hydrogens (tertiary/aromatic N) is 3. The summed E-state index contributed by atoms with van der Waals surface area (Å²) >= 11 is 1.66. The maximum Gasteiger partial charge on any atom is 0.108 e. The molecule has 0 radical (unpaired) electrons. The fourth-order valence-corrected chi connectivity index (χ4v) is 2.59. The average Bonchev–Trinajstić information content (AvgIpc) is 3.01. The second kappa shape index (κ2) is 6.66. The van der Waals surface area contributed by atoms with Crippen molar-refractivity contribution in [2.24, 2.45) is 7.05 Å². The lowest BCUT2D eigenvalue weighted by Crippen LogP contribution is -2.23. The Balaban J connectivity index is 1.95. The molecule has 0 bridgehead atoms. The summed E-state index contributed by atoms with van der Waals surface area (Å²) in [5.74, 6) is 1.13. The highest BCUT2D eigenvalue weighted by Crippen LogP contribution is 2.18. The van der Waals surface area contributed by atoms with Gasteiger partial charge in [0.25, 0.3) is 0 Å². The molecule has 1 atom stereocenters. The highest BCUT2D eigenvalue weighted by molar-refractivity contribution is 7.07. The second-order valence-electron chi connectivity index (χ2n) is 4.41. The summed E-state index contributed by atoms with van der Waals surface area (Å²) in [7, 11) is 2.04. The van der Waals surface area contributed by atoms with Crippen molar-refractivity contribution < 1.29 is 0 Å². The van der Waals surface area contributed by atoms with E-state index in [4.69, 9.17) is 0 Å². The first-order valence-corrected chi connectivity index (χ1v) is 7.33. The molecule has 4 nitrogen and oxygen atoms in total. The van der Waals surface area contributed by atoms with Crippen molar-refractivity contribution in [3.8, 4) is 0 Å². The van der Waals surface area contributed by atoms with E-state index in [0.717, 1.165) is 37.3 Å². The molecule has 5 heteroatoms. The van der Waals surface area contributed by atoms with Gasteiger partial charge in [0.05, 0.1) is 17.2 Å². The molecule has 2 aromatic heterocycles. The number of rotatable bonds is 7. The molecule has 0 aliphatic carbocycles. The molecule has 0 amide bonds. The summed E-state index contributed by atoms with van der Waals surface area (Å²) in [6.07, 6.45) is 7.00. The normalized spacial score (nSPS) is 12.8. The molecule has 0 aliphatic rings.